The van der Waals surface area contributed by atoms with Crippen LogP contribution in [0, 0.1) is 0 Å². The van der Waals surface area contributed by atoms with Crippen LogP contribution in [0.4, 0.5) is 11.4 Å². The van der Waals surface area contributed by atoms with E-state index in [1.807, 2.05) is 43.3 Å². The molecule has 1 heterocycles. The molecule has 0 saturated carbocycles. The number of aryl methyl sites for hydroxylation is 1. The maximum atomic E-state index is 11.4. The largest absolute Gasteiger partial charge is 0.484 e. The summed E-state index contributed by atoms with van der Waals surface area (Å²) in [6, 6.07) is 13.7. The lowest BCUT2D eigenvalue weighted by atomic mass is 10.0. The first-order valence-corrected chi connectivity index (χ1v) is 7.07. The van der Waals surface area contributed by atoms with Crippen LogP contribution in [0.5, 0.6) is 5.75 Å². The Morgan fingerprint density at radius 1 is 1.19 bits per heavy atom. The Morgan fingerprint density at radius 2 is 1.95 bits per heavy atom. The average Bonchev–Trinajstić information content (AvgIpc) is 2.49. The monoisotopic (exact) mass is 282 g/mol. The number of ether oxygens (including phenoxy) is 1. The van der Waals surface area contributed by atoms with Crippen molar-refractivity contribution in [1.29, 1.82) is 0 Å². The van der Waals surface area contributed by atoms with E-state index in [2.05, 4.69) is 5.32 Å². The zero-order valence-electron chi connectivity index (χ0n) is 11.9. The number of rotatable bonds is 3. The molecule has 0 bridgehead atoms. The number of nitrogens with one attached hydrogen (secondary N) is 1. The van der Waals surface area contributed by atoms with Crippen LogP contribution in [0.1, 0.15) is 30.6 Å². The first-order chi connectivity index (χ1) is 10.1. The summed E-state index contributed by atoms with van der Waals surface area (Å²) < 4.78 is 5.99. The van der Waals surface area contributed by atoms with Gasteiger partial charge in [-0.3, -0.25) is 4.79 Å². The van der Waals surface area contributed by atoms with Crippen LogP contribution >= 0.6 is 0 Å². The first kappa shape index (κ1) is 13.5. The van der Waals surface area contributed by atoms with Crippen molar-refractivity contribution < 1.29 is 9.53 Å². The van der Waals surface area contributed by atoms with Crippen molar-refractivity contribution >= 4 is 17.3 Å². The molecule has 0 spiro atoms. The van der Waals surface area contributed by atoms with Crippen LogP contribution in [0.25, 0.3) is 0 Å². The Kier molecular flexibility index (Phi) is 3.52. The molecule has 108 valence electrons. The second-order valence-electron chi connectivity index (χ2n) is 5.27. The molecule has 4 nitrogen and oxygen atoms in total. The van der Waals surface area contributed by atoms with Gasteiger partial charge in [-0.1, -0.05) is 30.3 Å². The lowest BCUT2D eigenvalue weighted by molar-refractivity contribution is -0.116. The maximum Gasteiger partial charge on any atom is 0.224 e. The molecule has 21 heavy (non-hydrogen) atoms. The van der Waals surface area contributed by atoms with Crippen LogP contribution in [0.2, 0.25) is 0 Å². The number of anilines is 2. The third-order valence-electron chi connectivity index (χ3n) is 3.70. The summed E-state index contributed by atoms with van der Waals surface area (Å²) in [5.74, 6) is 0.703. The fourth-order valence-electron chi connectivity index (χ4n) is 2.51. The van der Waals surface area contributed by atoms with Crippen molar-refractivity contribution in [3.8, 4) is 5.75 Å². The predicted octanol–water partition coefficient (Wildman–Crippen LogP) is 3.29. The van der Waals surface area contributed by atoms with E-state index in [0.29, 0.717) is 17.9 Å². The van der Waals surface area contributed by atoms with E-state index in [1.165, 1.54) is 0 Å². The van der Waals surface area contributed by atoms with E-state index in [-0.39, 0.29) is 12.0 Å². The van der Waals surface area contributed by atoms with E-state index in [4.69, 9.17) is 10.5 Å². The minimum absolute atomic E-state index is 0.0354. The Hall–Kier alpha value is -2.49. The van der Waals surface area contributed by atoms with Gasteiger partial charge in [-0.2, -0.15) is 0 Å². The van der Waals surface area contributed by atoms with Crippen molar-refractivity contribution in [1.82, 2.24) is 0 Å². The normalized spacial score (nSPS) is 15.0. The maximum absolute atomic E-state index is 11.4. The molecule has 0 aromatic heterocycles. The fraction of sp³-hybridized carbons (Fsp3) is 0.235. The van der Waals surface area contributed by atoms with Crippen LogP contribution in [-0.2, 0) is 11.2 Å². The molecule has 4 heteroatoms. The third kappa shape index (κ3) is 2.84. The Bertz CT molecular complexity index is 668. The molecule has 0 saturated heterocycles. The number of nitrogens with two attached hydrogens (primary N) is 1. The highest BCUT2D eigenvalue weighted by Crippen LogP contribution is 2.34. The smallest absolute Gasteiger partial charge is 0.224 e. The van der Waals surface area contributed by atoms with E-state index >= 15 is 0 Å². The number of hydrogen-bond acceptors (Lipinski definition) is 3. The Labute approximate surface area is 123 Å². The average molecular weight is 282 g/mol. The Balaban J connectivity index is 1.84. The highest BCUT2D eigenvalue weighted by Gasteiger charge is 2.18. The molecule has 2 aromatic rings. The molecule has 1 amide bonds. The van der Waals surface area contributed by atoms with Crippen LogP contribution in [-0.4, -0.2) is 5.91 Å². The zero-order valence-corrected chi connectivity index (χ0v) is 11.9. The molecule has 3 N–H and O–H groups in total. The topological polar surface area (TPSA) is 64.3 Å². The van der Waals surface area contributed by atoms with Gasteiger partial charge in [0.1, 0.15) is 11.9 Å². The van der Waals surface area contributed by atoms with Gasteiger partial charge in [0.15, 0.2) is 0 Å². The van der Waals surface area contributed by atoms with Crippen molar-refractivity contribution in [3.05, 3.63) is 53.6 Å². The molecule has 2 aromatic carbocycles. The second-order valence-corrected chi connectivity index (χ2v) is 5.27. The van der Waals surface area contributed by atoms with Gasteiger partial charge in [0, 0.05) is 12.1 Å². The number of nitrogen functional groups attached to an aromatic ring is 1. The van der Waals surface area contributed by atoms with Crippen molar-refractivity contribution in [3.63, 3.8) is 0 Å². The van der Waals surface area contributed by atoms with Gasteiger partial charge in [-0.05, 0) is 36.6 Å². The van der Waals surface area contributed by atoms with Crippen LogP contribution in [0.3, 0.4) is 0 Å². The number of carbonyl (C=O) groups is 1. The lowest BCUT2D eigenvalue weighted by Gasteiger charge is -2.21. The number of amides is 1. The van der Waals surface area contributed by atoms with Crippen molar-refractivity contribution in [2.75, 3.05) is 11.1 Å². The zero-order chi connectivity index (χ0) is 14.8. The van der Waals surface area contributed by atoms with E-state index in [0.717, 1.165) is 23.2 Å². The highest BCUT2D eigenvalue weighted by atomic mass is 16.5. The highest BCUT2D eigenvalue weighted by molar-refractivity contribution is 5.94. The summed E-state index contributed by atoms with van der Waals surface area (Å²) in [5.41, 5.74) is 9.54. The second kappa shape index (κ2) is 5.48. The van der Waals surface area contributed by atoms with Gasteiger partial charge in [-0.25, -0.2) is 0 Å². The SMILES string of the molecule is CC(Oc1cc2c(cc1N)NC(=O)CC2)c1ccccc1. The predicted molar refractivity (Wildman–Crippen MR) is 83.3 cm³/mol. The minimum Gasteiger partial charge on any atom is -0.484 e. The molecule has 0 radical (unpaired) electrons. The lowest BCUT2D eigenvalue weighted by Crippen LogP contribution is -2.19. The minimum atomic E-state index is -0.0790. The molecule has 1 atom stereocenters. The van der Waals surface area contributed by atoms with E-state index in [9.17, 15) is 4.79 Å². The van der Waals surface area contributed by atoms with Gasteiger partial charge >= 0.3 is 0 Å². The quantitative estimate of drug-likeness (QED) is 0.849. The molecular weight excluding hydrogens is 264 g/mol. The first-order valence-electron chi connectivity index (χ1n) is 7.07. The van der Waals surface area contributed by atoms with Gasteiger partial charge in [0.2, 0.25) is 5.91 Å². The van der Waals surface area contributed by atoms with Crippen LogP contribution < -0.4 is 15.8 Å². The van der Waals surface area contributed by atoms with E-state index in [1.54, 1.807) is 6.07 Å². The van der Waals surface area contributed by atoms with Gasteiger partial charge < -0.3 is 15.8 Å². The van der Waals surface area contributed by atoms with Crippen molar-refractivity contribution in [2.45, 2.75) is 25.9 Å². The van der Waals surface area contributed by atoms with Crippen molar-refractivity contribution in [2.24, 2.45) is 0 Å². The fourth-order valence-corrected chi connectivity index (χ4v) is 2.51. The summed E-state index contributed by atoms with van der Waals surface area (Å²) in [6.45, 7) is 2.00. The van der Waals surface area contributed by atoms with Gasteiger partial charge in [0.05, 0.1) is 5.69 Å². The molecule has 0 aliphatic carbocycles. The molecule has 1 aliphatic heterocycles. The summed E-state index contributed by atoms with van der Waals surface area (Å²) in [4.78, 5) is 11.4. The van der Waals surface area contributed by atoms with Crippen LogP contribution in [0.15, 0.2) is 42.5 Å². The molecular formula is C17H18N2O2. The van der Waals surface area contributed by atoms with Gasteiger partial charge in [0.25, 0.3) is 0 Å². The number of carbonyl (C=O) groups excluding carboxylic acids is 1. The molecule has 1 unspecified atom stereocenters. The summed E-state index contributed by atoms with van der Waals surface area (Å²) in [7, 11) is 0. The number of hydrogen-bond donors (Lipinski definition) is 2. The molecule has 1 aliphatic rings. The Morgan fingerprint density at radius 3 is 2.71 bits per heavy atom. The van der Waals surface area contributed by atoms with E-state index < -0.39 is 0 Å². The standard InChI is InChI=1S/C17H18N2O2/c1-11(12-5-3-2-4-6-12)21-16-9-13-7-8-17(20)19-15(13)10-14(16)18/h2-6,9-11H,7-8,18H2,1H3,(H,19,20). The summed E-state index contributed by atoms with van der Waals surface area (Å²) in [5, 5.41) is 2.84. The number of benzene rings is 2. The summed E-state index contributed by atoms with van der Waals surface area (Å²) in [6.07, 6.45) is 1.15. The summed E-state index contributed by atoms with van der Waals surface area (Å²) >= 11 is 0. The van der Waals surface area contributed by atoms with Gasteiger partial charge in [-0.15, -0.1) is 0 Å². The molecule has 0 fully saturated rings. The molecule has 3 rings (SSSR count). The third-order valence-corrected chi connectivity index (χ3v) is 3.70. The number of fused-ring (bicyclic) bond motifs is 1.